The lowest BCUT2D eigenvalue weighted by Gasteiger charge is -2.08. The first-order valence-corrected chi connectivity index (χ1v) is 8.35. The molecule has 2 aromatic carbocycles. The number of rotatable bonds is 4. The van der Waals surface area contributed by atoms with Crippen molar-refractivity contribution in [3.05, 3.63) is 83.2 Å². The highest BCUT2D eigenvalue weighted by molar-refractivity contribution is 9.10. The van der Waals surface area contributed by atoms with E-state index in [0.29, 0.717) is 6.61 Å². The Morgan fingerprint density at radius 2 is 1.79 bits per heavy atom. The Bertz CT molecular complexity index is 982. The van der Waals surface area contributed by atoms with Crippen LogP contribution in [0.3, 0.4) is 0 Å². The number of fused-ring (bicyclic) bond motifs is 1. The summed E-state index contributed by atoms with van der Waals surface area (Å²) < 4.78 is 8.48. The molecule has 0 N–H and O–H groups in total. The number of halogens is 1. The van der Waals surface area contributed by atoms with E-state index in [1.807, 2.05) is 54.7 Å². The molecule has 0 unspecified atom stereocenters. The predicted molar refractivity (Wildman–Crippen MR) is 96.9 cm³/mol. The van der Waals surface area contributed by atoms with E-state index >= 15 is 0 Å². The second-order valence-electron chi connectivity index (χ2n) is 5.40. The van der Waals surface area contributed by atoms with Gasteiger partial charge in [0, 0.05) is 5.56 Å². The van der Waals surface area contributed by atoms with Gasteiger partial charge >= 0.3 is 0 Å². The first kappa shape index (κ1) is 14.9. The average molecular weight is 380 g/mol. The van der Waals surface area contributed by atoms with Gasteiger partial charge in [-0.2, -0.15) is 5.10 Å². The SMILES string of the molecule is Brc1cnc2cc(-c3cccc(OCc4ccccc4)c3)cnn12. The molecule has 2 aromatic heterocycles. The number of hydrogen-bond acceptors (Lipinski definition) is 3. The van der Waals surface area contributed by atoms with Crippen molar-refractivity contribution in [3.8, 4) is 16.9 Å². The lowest BCUT2D eigenvalue weighted by molar-refractivity contribution is 0.306. The van der Waals surface area contributed by atoms with Crippen LogP contribution in [0.4, 0.5) is 0 Å². The Morgan fingerprint density at radius 3 is 2.67 bits per heavy atom. The molecule has 0 atom stereocenters. The third kappa shape index (κ3) is 3.03. The van der Waals surface area contributed by atoms with Crippen molar-refractivity contribution in [2.45, 2.75) is 6.61 Å². The first-order valence-electron chi connectivity index (χ1n) is 7.56. The minimum absolute atomic E-state index is 0.550. The number of benzene rings is 2. The second kappa shape index (κ2) is 6.45. The summed E-state index contributed by atoms with van der Waals surface area (Å²) in [5, 5.41) is 4.41. The van der Waals surface area contributed by atoms with Crippen LogP contribution in [0.5, 0.6) is 5.75 Å². The molecular weight excluding hydrogens is 366 g/mol. The van der Waals surface area contributed by atoms with E-state index in [4.69, 9.17) is 4.74 Å². The summed E-state index contributed by atoms with van der Waals surface area (Å²) in [5.74, 6) is 0.834. The Balaban J connectivity index is 1.59. The van der Waals surface area contributed by atoms with Crippen LogP contribution in [0.15, 0.2) is 77.7 Å². The summed E-state index contributed by atoms with van der Waals surface area (Å²) in [7, 11) is 0. The van der Waals surface area contributed by atoms with Crippen LogP contribution >= 0.6 is 15.9 Å². The van der Waals surface area contributed by atoms with Gasteiger partial charge in [0.25, 0.3) is 0 Å². The zero-order valence-electron chi connectivity index (χ0n) is 12.8. The lowest BCUT2D eigenvalue weighted by atomic mass is 10.1. The number of nitrogens with zero attached hydrogens (tertiary/aromatic N) is 3. The molecule has 24 heavy (non-hydrogen) atoms. The van der Waals surface area contributed by atoms with Gasteiger partial charge in [-0.3, -0.25) is 0 Å². The second-order valence-corrected chi connectivity index (χ2v) is 6.21. The third-order valence-electron chi connectivity index (χ3n) is 3.74. The Hall–Kier alpha value is -2.66. The first-order chi connectivity index (χ1) is 11.8. The van der Waals surface area contributed by atoms with Gasteiger partial charge in [0.15, 0.2) is 5.65 Å². The van der Waals surface area contributed by atoms with Crippen molar-refractivity contribution in [1.29, 1.82) is 0 Å². The van der Waals surface area contributed by atoms with Crippen LogP contribution in [0.1, 0.15) is 5.56 Å². The molecular formula is C19H14BrN3O. The van der Waals surface area contributed by atoms with Crippen molar-refractivity contribution >= 4 is 21.6 Å². The average Bonchev–Trinajstić information content (AvgIpc) is 3.02. The fourth-order valence-electron chi connectivity index (χ4n) is 2.51. The van der Waals surface area contributed by atoms with Crippen molar-refractivity contribution in [2.24, 2.45) is 0 Å². The van der Waals surface area contributed by atoms with Crippen LogP contribution in [0.2, 0.25) is 0 Å². The van der Waals surface area contributed by atoms with Gasteiger partial charge < -0.3 is 4.74 Å². The summed E-state index contributed by atoms with van der Waals surface area (Å²) in [4.78, 5) is 4.33. The molecule has 0 radical (unpaired) electrons. The fourth-order valence-corrected chi connectivity index (χ4v) is 2.89. The largest absolute Gasteiger partial charge is 0.489 e. The van der Waals surface area contributed by atoms with Gasteiger partial charge in [-0.05, 0) is 45.3 Å². The molecule has 0 spiro atoms. The van der Waals surface area contributed by atoms with Gasteiger partial charge in [0.05, 0.1) is 12.4 Å². The van der Waals surface area contributed by atoms with E-state index in [1.54, 1.807) is 10.7 Å². The van der Waals surface area contributed by atoms with Crippen molar-refractivity contribution < 1.29 is 4.74 Å². The summed E-state index contributed by atoms with van der Waals surface area (Å²) >= 11 is 3.42. The number of ether oxygens (including phenoxy) is 1. The van der Waals surface area contributed by atoms with Crippen molar-refractivity contribution in [2.75, 3.05) is 0 Å². The maximum Gasteiger partial charge on any atom is 0.155 e. The maximum atomic E-state index is 5.90. The molecule has 0 aliphatic carbocycles. The summed E-state index contributed by atoms with van der Waals surface area (Å²) in [6.45, 7) is 0.550. The van der Waals surface area contributed by atoms with Gasteiger partial charge in [-0.25, -0.2) is 9.50 Å². The molecule has 0 saturated heterocycles. The summed E-state index contributed by atoms with van der Waals surface area (Å²) in [6.07, 6.45) is 3.57. The van der Waals surface area contributed by atoms with E-state index in [1.165, 1.54) is 0 Å². The van der Waals surface area contributed by atoms with Gasteiger partial charge in [-0.1, -0.05) is 42.5 Å². The highest BCUT2D eigenvalue weighted by Gasteiger charge is 2.06. The van der Waals surface area contributed by atoms with E-state index in [-0.39, 0.29) is 0 Å². The van der Waals surface area contributed by atoms with Crippen LogP contribution in [-0.4, -0.2) is 14.6 Å². The smallest absolute Gasteiger partial charge is 0.155 e. The minimum atomic E-state index is 0.550. The molecule has 2 heterocycles. The van der Waals surface area contributed by atoms with Gasteiger partial charge in [0.1, 0.15) is 17.0 Å². The zero-order chi connectivity index (χ0) is 16.4. The molecule has 4 aromatic rings. The third-order valence-corrected chi connectivity index (χ3v) is 4.28. The van der Waals surface area contributed by atoms with E-state index in [9.17, 15) is 0 Å². The fraction of sp³-hybridized carbons (Fsp3) is 0.0526. The Kier molecular flexibility index (Phi) is 4.01. The maximum absolute atomic E-state index is 5.90. The van der Waals surface area contributed by atoms with E-state index < -0.39 is 0 Å². The van der Waals surface area contributed by atoms with Crippen LogP contribution in [-0.2, 0) is 6.61 Å². The number of hydrogen-bond donors (Lipinski definition) is 0. The zero-order valence-corrected chi connectivity index (χ0v) is 14.3. The molecule has 0 amide bonds. The number of imidazole rings is 1. The molecule has 0 aliphatic heterocycles. The lowest BCUT2D eigenvalue weighted by Crippen LogP contribution is -1.95. The topological polar surface area (TPSA) is 39.4 Å². The molecule has 0 aliphatic rings. The molecule has 0 bridgehead atoms. The number of aromatic nitrogens is 3. The highest BCUT2D eigenvalue weighted by atomic mass is 79.9. The van der Waals surface area contributed by atoms with Crippen molar-refractivity contribution in [1.82, 2.24) is 14.6 Å². The summed E-state index contributed by atoms with van der Waals surface area (Å²) in [6, 6.07) is 20.2. The molecule has 4 nitrogen and oxygen atoms in total. The molecule has 0 fully saturated rings. The van der Waals surface area contributed by atoms with E-state index in [0.717, 1.165) is 32.7 Å². The molecule has 4 rings (SSSR count). The monoisotopic (exact) mass is 379 g/mol. The van der Waals surface area contributed by atoms with Crippen LogP contribution in [0.25, 0.3) is 16.8 Å². The van der Waals surface area contributed by atoms with Crippen LogP contribution in [0, 0.1) is 0 Å². The molecule has 118 valence electrons. The van der Waals surface area contributed by atoms with Gasteiger partial charge in [-0.15, -0.1) is 0 Å². The van der Waals surface area contributed by atoms with Crippen LogP contribution < -0.4 is 4.74 Å². The highest BCUT2D eigenvalue weighted by Crippen LogP contribution is 2.25. The quantitative estimate of drug-likeness (QED) is 0.514. The predicted octanol–water partition coefficient (Wildman–Crippen LogP) is 4.74. The Morgan fingerprint density at radius 1 is 0.917 bits per heavy atom. The van der Waals surface area contributed by atoms with Crippen molar-refractivity contribution in [3.63, 3.8) is 0 Å². The minimum Gasteiger partial charge on any atom is -0.489 e. The van der Waals surface area contributed by atoms with Gasteiger partial charge in [0.2, 0.25) is 0 Å². The normalized spacial score (nSPS) is 10.9. The molecule has 5 heteroatoms. The standard InChI is InChI=1S/C19H14BrN3O/c20-18-12-21-19-10-16(11-22-23(18)19)15-7-4-8-17(9-15)24-13-14-5-2-1-3-6-14/h1-12H,13H2. The van der Waals surface area contributed by atoms with E-state index in [2.05, 4.69) is 38.1 Å². The molecule has 0 saturated carbocycles. The summed E-state index contributed by atoms with van der Waals surface area (Å²) in [5.41, 5.74) is 4.00. The Labute approximate surface area is 147 Å².